The van der Waals surface area contributed by atoms with Crippen molar-refractivity contribution in [3.05, 3.63) is 28.3 Å². The minimum absolute atomic E-state index is 0.0487. The molecule has 2 N–H and O–H groups in total. The molecule has 1 aliphatic rings. The average Bonchev–Trinajstić information content (AvgIpc) is 2.31. The topological polar surface area (TPSA) is 86.7 Å². The molecule has 1 saturated heterocycles. The Bertz CT molecular complexity index is 584. The van der Waals surface area contributed by atoms with Crippen molar-refractivity contribution in [3.8, 4) is 5.75 Å². The van der Waals surface area contributed by atoms with E-state index < -0.39 is 11.8 Å². The lowest BCUT2D eigenvalue weighted by Gasteiger charge is -2.25. The number of amides is 2. The maximum absolute atomic E-state index is 11.4. The van der Waals surface area contributed by atoms with Crippen LogP contribution in [0.25, 0.3) is 0 Å². The first-order chi connectivity index (χ1) is 9.36. The van der Waals surface area contributed by atoms with Crippen molar-refractivity contribution < 1.29 is 19.5 Å². The molecule has 7 heteroatoms. The molecule has 0 saturated carbocycles. The number of nitrogens with one attached hydrogen (secondary N) is 1. The Morgan fingerprint density at radius 2 is 1.95 bits per heavy atom. The predicted octanol–water partition coefficient (Wildman–Crippen LogP) is 0.707. The highest BCUT2D eigenvalue weighted by atomic mass is 35.5. The van der Waals surface area contributed by atoms with E-state index in [2.05, 4.69) is 5.32 Å². The Balaban J connectivity index is 2.27. The van der Waals surface area contributed by atoms with Gasteiger partial charge in [0.05, 0.1) is 18.7 Å². The number of carbonyl (C=O) groups is 3. The second-order valence-corrected chi connectivity index (χ2v) is 5.07. The molecule has 0 aliphatic carbocycles. The van der Waals surface area contributed by atoms with Gasteiger partial charge < -0.3 is 5.11 Å². The van der Waals surface area contributed by atoms with Crippen LogP contribution in [0.5, 0.6) is 5.75 Å². The van der Waals surface area contributed by atoms with E-state index in [4.69, 9.17) is 11.6 Å². The fourth-order valence-corrected chi connectivity index (χ4v) is 2.33. The van der Waals surface area contributed by atoms with E-state index in [0.29, 0.717) is 10.6 Å². The Kier molecular flexibility index (Phi) is 4.06. The number of imide groups is 1. The third-order valence-corrected chi connectivity index (χ3v) is 3.16. The quantitative estimate of drug-likeness (QED) is 0.633. The molecule has 1 aliphatic heterocycles. The number of carbonyl (C=O) groups excluding carboxylic acids is 3. The Morgan fingerprint density at radius 3 is 2.50 bits per heavy atom. The van der Waals surface area contributed by atoms with Crippen molar-refractivity contribution in [2.24, 2.45) is 0 Å². The number of Topliss-reactive ketones (excluding diaryl/α,β-unsaturated/α-hetero) is 1. The molecule has 0 spiro atoms. The zero-order valence-electron chi connectivity index (χ0n) is 10.8. The number of nitrogens with zero attached hydrogens (tertiary/aromatic N) is 1. The molecule has 1 aromatic rings. The zero-order chi connectivity index (χ0) is 14.9. The average molecular weight is 297 g/mol. The summed E-state index contributed by atoms with van der Waals surface area (Å²) in [4.78, 5) is 35.6. The lowest BCUT2D eigenvalue weighted by molar-refractivity contribution is -0.136. The van der Waals surface area contributed by atoms with Gasteiger partial charge in [-0.1, -0.05) is 11.6 Å². The number of ketones is 1. The number of rotatable bonds is 3. The molecule has 1 heterocycles. The molecule has 0 atom stereocenters. The summed E-state index contributed by atoms with van der Waals surface area (Å²) < 4.78 is 0. The van der Waals surface area contributed by atoms with Gasteiger partial charge in [0.25, 0.3) is 0 Å². The predicted molar refractivity (Wildman–Crippen MR) is 71.5 cm³/mol. The lowest BCUT2D eigenvalue weighted by atomic mass is 10.1. The fraction of sp³-hybridized carbons (Fsp3) is 0.308. The van der Waals surface area contributed by atoms with Gasteiger partial charge in [0.1, 0.15) is 5.75 Å². The van der Waals surface area contributed by atoms with Crippen molar-refractivity contribution in [3.63, 3.8) is 0 Å². The van der Waals surface area contributed by atoms with Crippen LogP contribution in [0.4, 0.5) is 0 Å². The number of piperazine rings is 1. The van der Waals surface area contributed by atoms with Crippen molar-refractivity contribution in [2.45, 2.75) is 13.5 Å². The van der Waals surface area contributed by atoms with Crippen molar-refractivity contribution >= 4 is 29.2 Å². The van der Waals surface area contributed by atoms with Gasteiger partial charge in [0.2, 0.25) is 11.8 Å². The Hall–Kier alpha value is -1.92. The third kappa shape index (κ3) is 3.15. The number of phenolic OH excluding ortho intramolecular Hbond substituents is 1. The summed E-state index contributed by atoms with van der Waals surface area (Å²) >= 11 is 5.91. The molecular weight excluding hydrogens is 284 g/mol. The van der Waals surface area contributed by atoms with Gasteiger partial charge in [-0.2, -0.15) is 0 Å². The summed E-state index contributed by atoms with van der Waals surface area (Å²) in [7, 11) is 0. The number of aromatic hydroxyl groups is 1. The van der Waals surface area contributed by atoms with E-state index in [1.54, 1.807) is 4.90 Å². The van der Waals surface area contributed by atoms with Gasteiger partial charge in [-0.05, 0) is 19.1 Å². The minimum atomic E-state index is -0.394. The summed E-state index contributed by atoms with van der Waals surface area (Å²) in [6.45, 7) is 1.58. The molecule has 0 bridgehead atoms. The van der Waals surface area contributed by atoms with Crippen LogP contribution >= 0.6 is 11.6 Å². The van der Waals surface area contributed by atoms with Crippen LogP contribution in [-0.4, -0.2) is 40.7 Å². The maximum Gasteiger partial charge on any atom is 0.240 e. The van der Waals surface area contributed by atoms with E-state index in [0.717, 1.165) is 0 Å². The Morgan fingerprint density at radius 1 is 1.35 bits per heavy atom. The summed E-state index contributed by atoms with van der Waals surface area (Å²) in [6.07, 6.45) is 0. The normalized spacial score (nSPS) is 16.1. The molecule has 106 valence electrons. The Labute approximate surface area is 120 Å². The summed E-state index contributed by atoms with van der Waals surface area (Å²) in [5, 5.41) is 12.6. The van der Waals surface area contributed by atoms with Gasteiger partial charge in [-0.15, -0.1) is 0 Å². The molecule has 0 radical (unpaired) electrons. The molecule has 2 rings (SSSR count). The van der Waals surface area contributed by atoms with Gasteiger partial charge in [-0.3, -0.25) is 24.6 Å². The van der Waals surface area contributed by atoms with Crippen LogP contribution < -0.4 is 5.32 Å². The summed E-state index contributed by atoms with van der Waals surface area (Å²) in [6, 6.07) is 2.90. The number of phenols is 1. The van der Waals surface area contributed by atoms with Crippen molar-refractivity contribution in [1.82, 2.24) is 10.2 Å². The van der Waals surface area contributed by atoms with Crippen LogP contribution in [0.2, 0.25) is 5.02 Å². The molecule has 2 amide bonds. The highest BCUT2D eigenvalue weighted by Crippen LogP contribution is 2.28. The van der Waals surface area contributed by atoms with E-state index in [-0.39, 0.29) is 36.7 Å². The van der Waals surface area contributed by atoms with Crippen LogP contribution in [0.15, 0.2) is 12.1 Å². The molecule has 1 fully saturated rings. The molecule has 0 unspecified atom stereocenters. The zero-order valence-corrected chi connectivity index (χ0v) is 11.5. The highest BCUT2D eigenvalue weighted by molar-refractivity contribution is 6.31. The molecule has 20 heavy (non-hydrogen) atoms. The number of hydrogen-bond donors (Lipinski definition) is 2. The first-order valence-electron chi connectivity index (χ1n) is 5.94. The standard InChI is InChI=1S/C13H13ClN2O4/c1-7(17)10-3-9(14)2-8(13(10)20)4-16-5-11(18)15-12(19)6-16/h2-3,20H,4-6H2,1H3,(H,15,18,19). The molecule has 1 aromatic carbocycles. The second kappa shape index (κ2) is 5.60. The first kappa shape index (κ1) is 14.5. The van der Waals surface area contributed by atoms with E-state index in [1.807, 2.05) is 0 Å². The molecule has 0 aromatic heterocycles. The van der Waals surface area contributed by atoms with Gasteiger partial charge >= 0.3 is 0 Å². The van der Waals surface area contributed by atoms with Crippen LogP contribution in [-0.2, 0) is 16.1 Å². The second-order valence-electron chi connectivity index (χ2n) is 4.63. The van der Waals surface area contributed by atoms with E-state index in [1.165, 1.54) is 19.1 Å². The lowest BCUT2D eigenvalue weighted by Crippen LogP contribution is -2.50. The van der Waals surface area contributed by atoms with Crippen molar-refractivity contribution in [1.29, 1.82) is 0 Å². The van der Waals surface area contributed by atoms with Crippen molar-refractivity contribution in [2.75, 3.05) is 13.1 Å². The number of benzene rings is 1. The van der Waals surface area contributed by atoms with Crippen LogP contribution in [0.1, 0.15) is 22.8 Å². The molecule has 6 nitrogen and oxygen atoms in total. The van der Waals surface area contributed by atoms with E-state index in [9.17, 15) is 19.5 Å². The minimum Gasteiger partial charge on any atom is -0.507 e. The smallest absolute Gasteiger partial charge is 0.240 e. The van der Waals surface area contributed by atoms with E-state index >= 15 is 0 Å². The summed E-state index contributed by atoms with van der Waals surface area (Å²) in [5.41, 5.74) is 0.533. The number of hydrogen-bond acceptors (Lipinski definition) is 5. The maximum atomic E-state index is 11.4. The SMILES string of the molecule is CC(=O)c1cc(Cl)cc(CN2CC(=O)NC(=O)C2)c1O. The largest absolute Gasteiger partial charge is 0.507 e. The fourth-order valence-electron chi connectivity index (χ4n) is 2.09. The highest BCUT2D eigenvalue weighted by Gasteiger charge is 2.24. The first-order valence-corrected chi connectivity index (χ1v) is 6.32. The van der Waals surface area contributed by atoms with Gasteiger partial charge in [-0.25, -0.2) is 0 Å². The monoisotopic (exact) mass is 296 g/mol. The van der Waals surface area contributed by atoms with Gasteiger partial charge in [0.15, 0.2) is 5.78 Å². The van der Waals surface area contributed by atoms with Gasteiger partial charge in [0, 0.05) is 17.1 Å². The summed E-state index contributed by atoms with van der Waals surface area (Å²) in [5.74, 6) is -1.26. The van der Waals surface area contributed by atoms with Crippen LogP contribution in [0, 0.1) is 0 Å². The van der Waals surface area contributed by atoms with Crippen LogP contribution in [0.3, 0.4) is 0 Å². The third-order valence-electron chi connectivity index (χ3n) is 2.94. The molecular formula is C13H13ClN2O4. The number of halogens is 1.